The largest absolute Gasteiger partial charge is 0.329 e. The van der Waals surface area contributed by atoms with Crippen LogP contribution in [-0.4, -0.2) is 46.8 Å². The average molecular weight is 314 g/mol. The molecule has 4 rings (SSSR count). The minimum Gasteiger partial charge on any atom is -0.317 e. The first-order chi connectivity index (χ1) is 11.3. The molecule has 23 heavy (non-hydrogen) atoms. The Morgan fingerprint density at radius 1 is 1.00 bits per heavy atom. The van der Waals surface area contributed by atoms with Gasteiger partial charge in [0.1, 0.15) is 0 Å². The molecule has 0 bridgehead atoms. The van der Waals surface area contributed by atoms with Crippen LogP contribution in [0.3, 0.4) is 0 Å². The predicted octanol–water partition coefficient (Wildman–Crippen LogP) is 1.82. The third-order valence-corrected chi connectivity index (χ3v) is 5.38. The summed E-state index contributed by atoms with van der Waals surface area (Å²) in [6.45, 7) is 6.16. The summed E-state index contributed by atoms with van der Waals surface area (Å²) < 4.78 is 4.05. The van der Waals surface area contributed by atoms with Crippen LogP contribution in [0.1, 0.15) is 31.7 Å². The van der Waals surface area contributed by atoms with Crippen molar-refractivity contribution in [1.29, 1.82) is 0 Å². The van der Waals surface area contributed by atoms with Crippen molar-refractivity contribution in [3.05, 3.63) is 34.7 Å². The zero-order valence-electron chi connectivity index (χ0n) is 13.7. The van der Waals surface area contributed by atoms with E-state index >= 15 is 0 Å². The molecular formula is C18H26N4O. The highest BCUT2D eigenvalue weighted by Gasteiger charge is 2.22. The van der Waals surface area contributed by atoms with E-state index in [1.165, 1.54) is 25.9 Å². The van der Waals surface area contributed by atoms with Crippen LogP contribution in [0.25, 0.3) is 11.0 Å². The molecule has 1 aromatic heterocycles. The van der Waals surface area contributed by atoms with Crippen LogP contribution in [0.2, 0.25) is 0 Å². The highest BCUT2D eigenvalue weighted by molar-refractivity contribution is 5.76. The lowest BCUT2D eigenvalue weighted by Gasteiger charge is -2.23. The molecule has 2 saturated heterocycles. The number of nitrogens with zero attached hydrogens (tertiary/aromatic N) is 3. The smallest absolute Gasteiger partial charge is 0.317 e. The number of hydrogen-bond donors (Lipinski definition) is 1. The maximum Gasteiger partial charge on any atom is 0.329 e. The van der Waals surface area contributed by atoms with E-state index in [2.05, 4.69) is 26.9 Å². The second-order valence-electron chi connectivity index (χ2n) is 6.82. The van der Waals surface area contributed by atoms with Crippen LogP contribution in [0, 0.1) is 0 Å². The van der Waals surface area contributed by atoms with Gasteiger partial charge < -0.3 is 10.2 Å². The average Bonchev–Trinajstić information content (AvgIpc) is 3.19. The van der Waals surface area contributed by atoms with Crippen LogP contribution < -0.4 is 11.0 Å². The van der Waals surface area contributed by atoms with Crippen LogP contribution >= 0.6 is 0 Å². The van der Waals surface area contributed by atoms with Gasteiger partial charge in [0, 0.05) is 19.1 Å². The minimum absolute atomic E-state index is 0.178. The Balaban J connectivity index is 1.68. The van der Waals surface area contributed by atoms with E-state index in [-0.39, 0.29) is 5.69 Å². The molecule has 124 valence electrons. The summed E-state index contributed by atoms with van der Waals surface area (Å²) in [5.74, 6) is 0. The second kappa shape index (κ2) is 6.49. The molecule has 0 radical (unpaired) electrons. The van der Waals surface area contributed by atoms with Gasteiger partial charge in [0.05, 0.1) is 11.0 Å². The standard InChI is InChI=1S/C18H26N4O/c23-18-21(14-13-20-11-3-4-12-20)16-5-1-2-6-17(16)22(18)15-7-9-19-10-8-15/h1-2,5-6,15,19H,3-4,7-14H2. The quantitative estimate of drug-likeness (QED) is 0.936. The summed E-state index contributed by atoms with van der Waals surface area (Å²) in [7, 11) is 0. The maximum atomic E-state index is 13.1. The van der Waals surface area contributed by atoms with Crippen molar-refractivity contribution < 1.29 is 0 Å². The molecule has 5 nitrogen and oxygen atoms in total. The summed E-state index contributed by atoms with van der Waals surface area (Å²) >= 11 is 0. The highest BCUT2D eigenvalue weighted by atomic mass is 16.1. The number of rotatable bonds is 4. The van der Waals surface area contributed by atoms with Crippen molar-refractivity contribution in [3.8, 4) is 0 Å². The van der Waals surface area contributed by atoms with Crippen molar-refractivity contribution >= 4 is 11.0 Å². The molecule has 0 amide bonds. The minimum atomic E-state index is 0.178. The van der Waals surface area contributed by atoms with Crippen molar-refractivity contribution in [2.45, 2.75) is 38.3 Å². The van der Waals surface area contributed by atoms with Crippen LogP contribution in [-0.2, 0) is 6.54 Å². The van der Waals surface area contributed by atoms with E-state index in [1.807, 2.05) is 16.7 Å². The number of imidazole rings is 1. The number of likely N-dealkylation sites (tertiary alicyclic amines) is 1. The molecule has 3 heterocycles. The molecule has 1 aromatic carbocycles. The van der Waals surface area contributed by atoms with E-state index in [0.717, 1.165) is 50.1 Å². The van der Waals surface area contributed by atoms with Gasteiger partial charge in [-0.2, -0.15) is 0 Å². The van der Waals surface area contributed by atoms with Gasteiger partial charge in [0.25, 0.3) is 0 Å². The van der Waals surface area contributed by atoms with Crippen molar-refractivity contribution in [2.24, 2.45) is 0 Å². The fourth-order valence-electron chi connectivity index (χ4n) is 4.11. The summed E-state index contributed by atoms with van der Waals surface area (Å²) in [4.78, 5) is 15.6. The van der Waals surface area contributed by atoms with E-state index in [1.54, 1.807) is 0 Å². The van der Waals surface area contributed by atoms with E-state index < -0.39 is 0 Å². The normalized spacial score (nSPS) is 20.5. The Morgan fingerprint density at radius 2 is 1.70 bits per heavy atom. The van der Waals surface area contributed by atoms with Crippen molar-refractivity contribution in [3.63, 3.8) is 0 Å². The summed E-state index contributed by atoms with van der Waals surface area (Å²) in [6.07, 6.45) is 4.68. The molecule has 0 spiro atoms. The molecule has 0 unspecified atom stereocenters. The molecule has 2 aromatic rings. The monoisotopic (exact) mass is 314 g/mol. The predicted molar refractivity (Wildman–Crippen MR) is 93.0 cm³/mol. The Labute approximate surface area is 136 Å². The van der Waals surface area contributed by atoms with Gasteiger partial charge in [-0.1, -0.05) is 12.1 Å². The molecule has 1 N–H and O–H groups in total. The second-order valence-corrected chi connectivity index (χ2v) is 6.82. The van der Waals surface area contributed by atoms with Gasteiger partial charge in [0.15, 0.2) is 0 Å². The zero-order valence-corrected chi connectivity index (χ0v) is 13.7. The van der Waals surface area contributed by atoms with E-state index in [0.29, 0.717) is 6.04 Å². The van der Waals surface area contributed by atoms with Gasteiger partial charge in [-0.25, -0.2) is 4.79 Å². The third-order valence-electron chi connectivity index (χ3n) is 5.38. The number of aromatic nitrogens is 2. The Kier molecular flexibility index (Phi) is 4.23. The molecule has 2 aliphatic heterocycles. The lowest BCUT2D eigenvalue weighted by Crippen LogP contribution is -2.36. The lowest BCUT2D eigenvalue weighted by atomic mass is 10.1. The first kappa shape index (κ1) is 15.0. The molecule has 0 aliphatic carbocycles. The number of hydrogen-bond acceptors (Lipinski definition) is 3. The van der Waals surface area contributed by atoms with Gasteiger partial charge in [-0.15, -0.1) is 0 Å². The van der Waals surface area contributed by atoms with Crippen LogP contribution in [0.5, 0.6) is 0 Å². The first-order valence-corrected chi connectivity index (χ1v) is 8.97. The summed E-state index contributed by atoms with van der Waals surface area (Å²) in [5.41, 5.74) is 2.37. The lowest BCUT2D eigenvalue weighted by molar-refractivity contribution is 0.318. The zero-order chi connectivity index (χ0) is 15.6. The fourth-order valence-corrected chi connectivity index (χ4v) is 4.11. The van der Waals surface area contributed by atoms with Crippen LogP contribution in [0.4, 0.5) is 0 Å². The van der Waals surface area contributed by atoms with Crippen LogP contribution in [0.15, 0.2) is 29.1 Å². The molecule has 0 saturated carbocycles. The number of benzene rings is 1. The Morgan fingerprint density at radius 3 is 2.43 bits per heavy atom. The topological polar surface area (TPSA) is 42.2 Å². The van der Waals surface area contributed by atoms with E-state index in [4.69, 9.17) is 0 Å². The SMILES string of the molecule is O=c1n(CCN2CCCC2)c2ccccc2n1C1CCNCC1. The summed E-state index contributed by atoms with van der Waals surface area (Å²) in [5, 5.41) is 3.39. The van der Waals surface area contributed by atoms with Crippen molar-refractivity contribution in [1.82, 2.24) is 19.4 Å². The van der Waals surface area contributed by atoms with Gasteiger partial charge in [-0.3, -0.25) is 9.13 Å². The maximum absolute atomic E-state index is 13.1. The van der Waals surface area contributed by atoms with E-state index in [9.17, 15) is 4.79 Å². The van der Waals surface area contributed by atoms with Crippen molar-refractivity contribution in [2.75, 3.05) is 32.7 Å². The number of fused-ring (bicyclic) bond motifs is 1. The Bertz CT molecular complexity index is 720. The highest BCUT2D eigenvalue weighted by Crippen LogP contribution is 2.23. The number of para-hydroxylation sites is 2. The molecular weight excluding hydrogens is 288 g/mol. The first-order valence-electron chi connectivity index (χ1n) is 8.97. The Hall–Kier alpha value is -1.59. The van der Waals surface area contributed by atoms with Gasteiger partial charge >= 0.3 is 5.69 Å². The third kappa shape index (κ3) is 2.83. The van der Waals surface area contributed by atoms with Gasteiger partial charge in [0.2, 0.25) is 0 Å². The molecule has 5 heteroatoms. The number of piperidine rings is 1. The van der Waals surface area contributed by atoms with Gasteiger partial charge in [-0.05, 0) is 64.0 Å². The summed E-state index contributed by atoms with van der Waals surface area (Å²) in [6, 6.07) is 8.62. The molecule has 0 atom stereocenters. The molecule has 2 fully saturated rings. The number of nitrogens with one attached hydrogen (secondary N) is 1. The molecule has 2 aliphatic rings. The fraction of sp³-hybridized carbons (Fsp3) is 0.611.